The van der Waals surface area contributed by atoms with E-state index in [4.69, 9.17) is 9.47 Å². The van der Waals surface area contributed by atoms with Crippen LogP contribution in [0.25, 0.3) is 11.0 Å². The highest BCUT2D eigenvalue weighted by molar-refractivity contribution is 5.93. The van der Waals surface area contributed by atoms with Gasteiger partial charge in [-0.15, -0.1) is 0 Å². The van der Waals surface area contributed by atoms with Crippen LogP contribution in [-0.2, 0) is 22.6 Å². The maximum absolute atomic E-state index is 11.8. The summed E-state index contributed by atoms with van der Waals surface area (Å²) in [5, 5.41) is 0. The van der Waals surface area contributed by atoms with Crippen molar-refractivity contribution < 1.29 is 19.1 Å². The molecule has 0 bridgehead atoms. The van der Waals surface area contributed by atoms with Gasteiger partial charge in [-0.05, 0) is 32.0 Å². The van der Waals surface area contributed by atoms with Gasteiger partial charge < -0.3 is 14.0 Å². The lowest BCUT2D eigenvalue weighted by Crippen LogP contribution is -2.38. The van der Waals surface area contributed by atoms with E-state index in [0.29, 0.717) is 38.4 Å². The fraction of sp³-hybridized carbons (Fsp3) is 0.438. The van der Waals surface area contributed by atoms with Gasteiger partial charge in [0.25, 0.3) is 0 Å². The Balaban J connectivity index is 1.89. The first-order chi connectivity index (χ1) is 11.1. The van der Waals surface area contributed by atoms with Gasteiger partial charge in [-0.25, -0.2) is 14.6 Å². The van der Waals surface area contributed by atoms with Crippen molar-refractivity contribution in [1.29, 1.82) is 0 Å². The Morgan fingerprint density at radius 2 is 1.96 bits per heavy atom. The second-order valence-electron chi connectivity index (χ2n) is 5.22. The molecule has 23 heavy (non-hydrogen) atoms. The monoisotopic (exact) mass is 317 g/mol. The minimum atomic E-state index is -0.353. The summed E-state index contributed by atoms with van der Waals surface area (Å²) in [4.78, 5) is 29.9. The number of aromatic nitrogens is 2. The maximum Gasteiger partial charge on any atom is 0.410 e. The van der Waals surface area contributed by atoms with E-state index in [1.807, 2.05) is 6.07 Å². The summed E-state index contributed by atoms with van der Waals surface area (Å²) < 4.78 is 12.1. The Bertz CT molecular complexity index is 753. The van der Waals surface area contributed by atoms with Crippen molar-refractivity contribution in [1.82, 2.24) is 14.5 Å². The summed E-state index contributed by atoms with van der Waals surface area (Å²) in [6, 6.07) is 5.35. The summed E-state index contributed by atoms with van der Waals surface area (Å²) in [5.74, 6) is 0.439. The van der Waals surface area contributed by atoms with Gasteiger partial charge in [0.1, 0.15) is 5.82 Å². The number of esters is 1. The van der Waals surface area contributed by atoms with Gasteiger partial charge in [0.05, 0.1) is 36.4 Å². The molecule has 0 N–H and O–H groups in total. The number of amides is 1. The van der Waals surface area contributed by atoms with Crippen molar-refractivity contribution in [3.8, 4) is 0 Å². The number of benzene rings is 1. The van der Waals surface area contributed by atoms with E-state index < -0.39 is 0 Å². The molecule has 0 unspecified atom stereocenters. The van der Waals surface area contributed by atoms with Crippen molar-refractivity contribution in [2.75, 3.05) is 19.8 Å². The second kappa shape index (κ2) is 6.28. The molecule has 0 atom stereocenters. The van der Waals surface area contributed by atoms with Gasteiger partial charge in [0, 0.05) is 13.1 Å². The molecule has 3 rings (SSSR count). The number of hydrogen-bond acceptors (Lipinski definition) is 5. The molecule has 0 radical (unpaired) electrons. The number of imidazole rings is 1. The molecule has 0 fully saturated rings. The van der Waals surface area contributed by atoms with Gasteiger partial charge in [0.2, 0.25) is 0 Å². The molecule has 2 heterocycles. The number of fused-ring (bicyclic) bond motifs is 3. The summed E-state index contributed by atoms with van der Waals surface area (Å²) >= 11 is 0. The summed E-state index contributed by atoms with van der Waals surface area (Å²) in [6.07, 6.45) is -0.321. The number of ether oxygens (including phenoxy) is 2. The van der Waals surface area contributed by atoms with Crippen LogP contribution in [0.5, 0.6) is 0 Å². The highest BCUT2D eigenvalue weighted by Gasteiger charge is 2.24. The van der Waals surface area contributed by atoms with Crippen molar-refractivity contribution >= 4 is 23.1 Å². The zero-order chi connectivity index (χ0) is 16.4. The predicted octanol–water partition coefficient (Wildman–Crippen LogP) is 2.19. The molecule has 0 saturated carbocycles. The van der Waals surface area contributed by atoms with Crippen LogP contribution >= 0.6 is 0 Å². The smallest absolute Gasteiger partial charge is 0.410 e. The quantitative estimate of drug-likeness (QED) is 0.811. The number of rotatable bonds is 3. The number of carbonyl (C=O) groups is 2. The molecule has 122 valence electrons. The average molecular weight is 317 g/mol. The van der Waals surface area contributed by atoms with Crippen LogP contribution in [-0.4, -0.2) is 46.3 Å². The van der Waals surface area contributed by atoms with Gasteiger partial charge >= 0.3 is 12.1 Å². The molecule has 1 aromatic heterocycles. The Kier molecular flexibility index (Phi) is 4.18. The van der Waals surface area contributed by atoms with Crippen LogP contribution < -0.4 is 0 Å². The molecule has 1 aliphatic rings. The van der Waals surface area contributed by atoms with Crippen LogP contribution in [0.2, 0.25) is 0 Å². The van der Waals surface area contributed by atoms with Crippen LogP contribution in [0.15, 0.2) is 18.2 Å². The fourth-order valence-corrected chi connectivity index (χ4v) is 2.73. The molecule has 7 heteroatoms. The average Bonchev–Trinajstić information content (AvgIpc) is 2.91. The SMILES string of the molecule is CCOC(=O)c1ccc2c(c1)nc1n2CCN(C(=O)OCC)C1. The number of nitrogens with zero attached hydrogens (tertiary/aromatic N) is 3. The Morgan fingerprint density at radius 3 is 2.70 bits per heavy atom. The van der Waals surface area contributed by atoms with E-state index in [-0.39, 0.29) is 12.1 Å². The van der Waals surface area contributed by atoms with Crippen molar-refractivity contribution in [2.45, 2.75) is 26.9 Å². The molecule has 2 aromatic rings. The molecule has 7 nitrogen and oxygen atoms in total. The molecular formula is C16H19N3O4. The summed E-state index contributed by atoms with van der Waals surface area (Å²) in [5.41, 5.74) is 2.17. The van der Waals surface area contributed by atoms with Gasteiger partial charge in [-0.2, -0.15) is 0 Å². The van der Waals surface area contributed by atoms with E-state index in [1.54, 1.807) is 30.9 Å². The fourth-order valence-electron chi connectivity index (χ4n) is 2.73. The lowest BCUT2D eigenvalue weighted by Gasteiger charge is -2.27. The second-order valence-corrected chi connectivity index (χ2v) is 5.22. The highest BCUT2D eigenvalue weighted by Crippen LogP contribution is 2.22. The van der Waals surface area contributed by atoms with Crippen LogP contribution in [0.4, 0.5) is 4.79 Å². The zero-order valence-electron chi connectivity index (χ0n) is 13.2. The van der Waals surface area contributed by atoms with Crippen molar-refractivity contribution in [2.24, 2.45) is 0 Å². The minimum Gasteiger partial charge on any atom is -0.462 e. The topological polar surface area (TPSA) is 73.7 Å². The largest absolute Gasteiger partial charge is 0.462 e. The first kappa shape index (κ1) is 15.3. The standard InChI is InChI=1S/C16H19N3O4/c1-3-22-15(20)11-5-6-13-12(9-11)17-14-10-18(7-8-19(13)14)16(21)23-4-2/h5-6,9H,3-4,7-8,10H2,1-2H3. The van der Waals surface area contributed by atoms with Gasteiger partial charge in [0.15, 0.2) is 0 Å². The third kappa shape index (κ3) is 2.86. The van der Waals surface area contributed by atoms with Gasteiger partial charge in [-0.3, -0.25) is 4.90 Å². The maximum atomic E-state index is 11.8. The van der Waals surface area contributed by atoms with Crippen LogP contribution in [0.3, 0.4) is 0 Å². The van der Waals surface area contributed by atoms with Gasteiger partial charge in [-0.1, -0.05) is 0 Å². The first-order valence-electron chi connectivity index (χ1n) is 7.72. The van der Waals surface area contributed by atoms with Crippen LogP contribution in [0, 0.1) is 0 Å². The molecule has 0 saturated heterocycles. The Hall–Kier alpha value is -2.57. The lowest BCUT2D eigenvalue weighted by atomic mass is 10.2. The lowest BCUT2D eigenvalue weighted by molar-refractivity contribution is 0.0526. The van der Waals surface area contributed by atoms with Crippen molar-refractivity contribution in [3.63, 3.8) is 0 Å². The summed E-state index contributed by atoms with van der Waals surface area (Å²) in [6.45, 7) is 5.89. The molecular weight excluding hydrogens is 298 g/mol. The molecule has 1 aliphatic heterocycles. The van der Waals surface area contributed by atoms with E-state index in [1.165, 1.54) is 0 Å². The van der Waals surface area contributed by atoms with E-state index in [0.717, 1.165) is 16.9 Å². The van der Waals surface area contributed by atoms with Crippen LogP contribution in [0.1, 0.15) is 30.0 Å². The van der Waals surface area contributed by atoms with E-state index in [2.05, 4.69) is 9.55 Å². The zero-order valence-corrected chi connectivity index (χ0v) is 13.2. The minimum absolute atomic E-state index is 0.321. The normalized spacial score (nSPS) is 13.7. The van der Waals surface area contributed by atoms with Crippen molar-refractivity contribution in [3.05, 3.63) is 29.6 Å². The Labute approximate surface area is 133 Å². The third-order valence-corrected chi connectivity index (χ3v) is 3.79. The number of carbonyl (C=O) groups excluding carboxylic acids is 2. The van der Waals surface area contributed by atoms with E-state index >= 15 is 0 Å². The highest BCUT2D eigenvalue weighted by atomic mass is 16.6. The first-order valence-corrected chi connectivity index (χ1v) is 7.72. The molecule has 0 spiro atoms. The Morgan fingerprint density at radius 1 is 1.17 bits per heavy atom. The molecule has 1 aromatic carbocycles. The molecule has 0 aliphatic carbocycles. The predicted molar refractivity (Wildman–Crippen MR) is 83.1 cm³/mol. The third-order valence-electron chi connectivity index (χ3n) is 3.79. The molecule has 1 amide bonds. The summed E-state index contributed by atoms with van der Waals surface area (Å²) in [7, 11) is 0. The van der Waals surface area contributed by atoms with E-state index in [9.17, 15) is 9.59 Å². The number of hydrogen-bond donors (Lipinski definition) is 0.